The van der Waals surface area contributed by atoms with Gasteiger partial charge in [0.1, 0.15) is 0 Å². The summed E-state index contributed by atoms with van der Waals surface area (Å²) in [5.74, 6) is 2.07. The Labute approximate surface area is 102 Å². The molecule has 92 valence electrons. The third-order valence-electron chi connectivity index (χ3n) is 3.90. The third kappa shape index (κ3) is 2.23. The fourth-order valence-electron chi connectivity index (χ4n) is 2.62. The number of nitrogens with two attached hydrogens (primary N) is 1. The van der Waals surface area contributed by atoms with Crippen LogP contribution in [0.3, 0.4) is 0 Å². The molecule has 0 radical (unpaired) electrons. The van der Waals surface area contributed by atoms with E-state index < -0.39 is 0 Å². The van der Waals surface area contributed by atoms with Gasteiger partial charge in [-0.1, -0.05) is 0 Å². The van der Waals surface area contributed by atoms with Crippen molar-refractivity contribution in [2.24, 2.45) is 11.7 Å². The van der Waals surface area contributed by atoms with Gasteiger partial charge < -0.3 is 10.6 Å². The number of thioether (sulfide) groups is 1. The molecule has 0 aromatic carbocycles. The molecule has 2 N–H and O–H groups in total. The second-order valence-corrected chi connectivity index (χ2v) is 6.84. The quantitative estimate of drug-likeness (QED) is 0.812. The second kappa shape index (κ2) is 4.57. The highest BCUT2D eigenvalue weighted by Crippen LogP contribution is 2.41. The molecule has 1 amide bonds. The molecule has 2 atom stereocenters. The topological polar surface area (TPSA) is 46.3 Å². The molecule has 1 heterocycles. The predicted octanol–water partition coefficient (Wildman–Crippen LogP) is 1.47. The fraction of sp³-hybridized carbons (Fsp3) is 0.917. The van der Waals surface area contributed by atoms with Crippen LogP contribution in [0.15, 0.2) is 0 Å². The number of hydrogen-bond donors (Lipinski definition) is 1. The maximum absolute atomic E-state index is 12.4. The summed E-state index contributed by atoms with van der Waals surface area (Å²) in [5, 5.41) is 0. The van der Waals surface area contributed by atoms with Gasteiger partial charge in [0.15, 0.2) is 0 Å². The van der Waals surface area contributed by atoms with Crippen LogP contribution in [0.5, 0.6) is 0 Å². The Kier molecular flexibility index (Phi) is 3.50. The highest BCUT2D eigenvalue weighted by molar-refractivity contribution is 8.01. The molecule has 0 aromatic rings. The lowest BCUT2D eigenvalue weighted by molar-refractivity contribution is -0.134. The van der Waals surface area contributed by atoms with E-state index in [2.05, 4.69) is 6.92 Å². The molecule has 1 aliphatic carbocycles. The lowest BCUT2D eigenvalue weighted by Crippen LogP contribution is -2.50. The molecule has 4 heteroatoms. The Balaban J connectivity index is 2.02. The molecule has 1 saturated heterocycles. The number of nitrogens with zero attached hydrogens (tertiary/aromatic N) is 1. The lowest BCUT2D eigenvalue weighted by atomic mass is 10.0. The van der Waals surface area contributed by atoms with Gasteiger partial charge in [0.05, 0.1) is 4.75 Å². The Bertz CT molecular complexity index is 272. The molecule has 2 fully saturated rings. The first-order chi connectivity index (χ1) is 7.58. The molecule has 0 spiro atoms. The van der Waals surface area contributed by atoms with Gasteiger partial charge in [-0.2, -0.15) is 0 Å². The molecule has 1 aliphatic heterocycles. The van der Waals surface area contributed by atoms with Crippen molar-refractivity contribution < 1.29 is 4.79 Å². The zero-order chi connectivity index (χ0) is 11.8. The third-order valence-corrected chi connectivity index (χ3v) is 5.41. The Morgan fingerprint density at radius 3 is 2.75 bits per heavy atom. The smallest absolute Gasteiger partial charge is 0.238 e. The minimum Gasteiger partial charge on any atom is -0.340 e. The van der Waals surface area contributed by atoms with Gasteiger partial charge in [-0.3, -0.25) is 4.79 Å². The zero-order valence-electron chi connectivity index (χ0n) is 10.2. The lowest BCUT2D eigenvalue weighted by Gasteiger charge is -2.33. The van der Waals surface area contributed by atoms with Crippen LogP contribution in [0.4, 0.5) is 0 Å². The molecule has 2 aliphatic rings. The van der Waals surface area contributed by atoms with Crippen molar-refractivity contribution >= 4 is 17.7 Å². The van der Waals surface area contributed by atoms with Crippen molar-refractivity contribution in [3.63, 3.8) is 0 Å². The number of rotatable bonds is 4. The summed E-state index contributed by atoms with van der Waals surface area (Å²) in [5.41, 5.74) is 5.79. The van der Waals surface area contributed by atoms with Gasteiger partial charge in [-0.25, -0.2) is 0 Å². The number of carbonyl (C=O) groups is 1. The highest BCUT2D eigenvalue weighted by Gasteiger charge is 2.43. The van der Waals surface area contributed by atoms with Crippen molar-refractivity contribution in [2.75, 3.05) is 19.3 Å². The van der Waals surface area contributed by atoms with Gasteiger partial charge in [-0.15, -0.1) is 11.8 Å². The molecule has 3 nitrogen and oxygen atoms in total. The molecule has 2 rings (SSSR count). The van der Waals surface area contributed by atoms with Crippen LogP contribution in [-0.2, 0) is 4.79 Å². The van der Waals surface area contributed by atoms with E-state index in [1.807, 2.05) is 23.7 Å². The summed E-state index contributed by atoms with van der Waals surface area (Å²) in [6.45, 7) is 2.69. The van der Waals surface area contributed by atoms with Crippen molar-refractivity contribution in [3.05, 3.63) is 0 Å². The minimum absolute atomic E-state index is 0.183. The van der Waals surface area contributed by atoms with E-state index in [0.29, 0.717) is 12.5 Å². The Morgan fingerprint density at radius 2 is 2.31 bits per heavy atom. The van der Waals surface area contributed by atoms with Crippen molar-refractivity contribution in [1.29, 1.82) is 0 Å². The van der Waals surface area contributed by atoms with E-state index in [9.17, 15) is 4.79 Å². The average molecular weight is 242 g/mol. The second-order valence-electron chi connectivity index (χ2n) is 5.24. The summed E-state index contributed by atoms with van der Waals surface area (Å²) in [7, 11) is 1.93. The summed E-state index contributed by atoms with van der Waals surface area (Å²) >= 11 is 1.81. The SMILES string of the molecule is CN(C(=O)C1(C)CCCS1)C(CN)C1CC1. The maximum Gasteiger partial charge on any atom is 0.238 e. The highest BCUT2D eigenvalue weighted by atomic mass is 32.2. The first-order valence-corrected chi connectivity index (χ1v) is 7.18. The van der Waals surface area contributed by atoms with Crippen LogP contribution in [0.2, 0.25) is 0 Å². The van der Waals surface area contributed by atoms with E-state index in [0.717, 1.165) is 18.6 Å². The van der Waals surface area contributed by atoms with Gasteiger partial charge in [0, 0.05) is 19.6 Å². The standard InChI is InChI=1S/C12H22N2OS/c1-12(6-3-7-16-12)11(15)14(2)10(8-13)9-4-5-9/h9-10H,3-8,13H2,1-2H3. The van der Waals surface area contributed by atoms with Gasteiger partial charge in [0.2, 0.25) is 5.91 Å². The average Bonchev–Trinajstić information content (AvgIpc) is 3.00. The summed E-state index contributed by atoms with van der Waals surface area (Å²) in [6, 6.07) is 0.269. The zero-order valence-corrected chi connectivity index (χ0v) is 11.1. The number of hydrogen-bond acceptors (Lipinski definition) is 3. The van der Waals surface area contributed by atoms with Crippen LogP contribution < -0.4 is 5.73 Å². The molecular weight excluding hydrogens is 220 g/mol. The van der Waals surface area contributed by atoms with Gasteiger partial charge in [-0.05, 0) is 44.3 Å². The van der Waals surface area contributed by atoms with Crippen molar-refractivity contribution in [3.8, 4) is 0 Å². The minimum atomic E-state index is -0.183. The number of likely N-dealkylation sites (N-methyl/N-ethyl adjacent to an activating group) is 1. The summed E-state index contributed by atoms with van der Waals surface area (Å²) < 4.78 is -0.183. The Morgan fingerprint density at radius 1 is 1.62 bits per heavy atom. The van der Waals surface area contributed by atoms with Crippen LogP contribution in [0, 0.1) is 5.92 Å². The normalized spacial score (nSPS) is 31.4. The molecule has 16 heavy (non-hydrogen) atoms. The summed E-state index contributed by atoms with van der Waals surface area (Å²) in [6.07, 6.45) is 4.66. The molecule has 2 unspecified atom stereocenters. The van der Waals surface area contributed by atoms with E-state index in [-0.39, 0.29) is 16.7 Å². The molecule has 0 aromatic heterocycles. The molecule has 0 bridgehead atoms. The van der Waals surface area contributed by atoms with Gasteiger partial charge in [0.25, 0.3) is 0 Å². The monoisotopic (exact) mass is 242 g/mol. The van der Waals surface area contributed by atoms with E-state index in [1.54, 1.807) is 0 Å². The van der Waals surface area contributed by atoms with E-state index in [1.165, 1.54) is 12.8 Å². The first kappa shape index (κ1) is 12.2. The van der Waals surface area contributed by atoms with Crippen LogP contribution >= 0.6 is 11.8 Å². The predicted molar refractivity (Wildman–Crippen MR) is 68.4 cm³/mol. The Hall–Kier alpha value is -0.220. The maximum atomic E-state index is 12.4. The van der Waals surface area contributed by atoms with Crippen molar-refractivity contribution in [2.45, 2.75) is 43.4 Å². The molecule has 1 saturated carbocycles. The van der Waals surface area contributed by atoms with E-state index in [4.69, 9.17) is 5.73 Å². The van der Waals surface area contributed by atoms with Crippen LogP contribution in [-0.4, -0.2) is 40.9 Å². The molecular formula is C12H22N2OS. The van der Waals surface area contributed by atoms with E-state index >= 15 is 0 Å². The number of carbonyl (C=O) groups excluding carboxylic acids is 1. The van der Waals surface area contributed by atoms with Crippen LogP contribution in [0.25, 0.3) is 0 Å². The van der Waals surface area contributed by atoms with Crippen molar-refractivity contribution in [1.82, 2.24) is 4.90 Å². The number of amides is 1. The van der Waals surface area contributed by atoms with Crippen LogP contribution in [0.1, 0.15) is 32.6 Å². The van der Waals surface area contributed by atoms with Gasteiger partial charge >= 0.3 is 0 Å². The fourth-order valence-corrected chi connectivity index (χ4v) is 3.91. The largest absolute Gasteiger partial charge is 0.340 e. The summed E-state index contributed by atoms with van der Waals surface area (Å²) in [4.78, 5) is 14.4. The first-order valence-electron chi connectivity index (χ1n) is 6.20.